The summed E-state index contributed by atoms with van der Waals surface area (Å²) in [4.78, 5) is 0. The largest absolute Gasteiger partial charge is 1.00 e. The SMILES string of the molecule is Cc1cccc(C=CC=Cc2ccccc2)c1.O=S(=O)(O)C=Cc1ccccc1.[H-].[Na+]. The first-order chi connectivity index (χ1) is 13.9. The zero-order valence-corrected chi connectivity index (χ0v) is 20.0. The Morgan fingerprint density at radius 1 is 0.700 bits per heavy atom. The number of aryl methyl sites for hydroxylation is 1. The summed E-state index contributed by atoms with van der Waals surface area (Å²) in [5, 5.41) is 0.752. The third-order valence-electron chi connectivity index (χ3n) is 3.76. The Balaban J connectivity index is 0.000000575. The quantitative estimate of drug-likeness (QED) is 0.385. The van der Waals surface area contributed by atoms with E-state index in [0.29, 0.717) is 0 Å². The molecule has 0 bridgehead atoms. The van der Waals surface area contributed by atoms with Gasteiger partial charge < -0.3 is 1.43 Å². The van der Waals surface area contributed by atoms with E-state index in [1.54, 1.807) is 24.3 Å². The van der Waals surface area contributed by atoms with Crippen LogP contribution in [0.15, 0.2) is 102 Å². The van der Waals surface area contributed by atoms with E-state index >= 15 is 0 Å². The summed E-state index contributed by atoms with van der Waals surface area (Å²) in [6, 6.07) is 27.6. The van der Waals surface area contributed by atoms with Gasteiger partial charge in [-0.05, 0) is 29.7 Å². The average Bonchev–Trinajstić information content (AvgIpc) is 2.71. The zero-order valence-electron chi connectivity index (χ0n) is 18.2. The maximum atomic E-state index is 10.3. The van der Waals surface area contributed by atoms with Gasteiger partial charge in [0.15, 0.2) is 0 Å². The van der Waals surface area contributed by atoms with Crippen molar-refractivity contribution >= 4 is 28.3 Å². The minimum atomic E-state index is -4.00. The van der Waals surface area contributed by atoms with Crippen molar-refractivity contribution in [3.05, 3.63) is 125 Å². The summed E-state index contributed by atoms with van der Waals surface area (Å²) in [6.07, 6.45) is 9.69. The summed E-state index contributed by atoms with van der Waals surface area (Å²) in [5.74, 6) is 0. The maximum absolute atomic E-state index is 10.3. The molecular weight excluding hydrogens is 403 g/mol. The van der Waals surface area contributed by atoms with E-state index in [2.05, 4.69) is 67.6 Å². The number of allylic oxidation sites excluding steroid dienone is 2. The Morgan fingerprint density at radius 2 is 1.17 bits per heavy atom. The third kappa shape index (κ3) is 11.7. The summed E-state index contributed by atoms with van der Waals surface area (Å²) < 4.78 is 28.9. The molecule has 0 saturated heterocycles. The van der Waals surface area contributed by atoms with Crippen molar-refractivity contribution in [3.8, 4) is 0 Å². The van der Waals surface area contributed by atoms with Gasteiger partial charge in [-0.2, -0.15) is 8.42 Å². The van der Waals surface area contributed by atoms with E-state index in [1.807, 2.05) is 24.3 Å². The van der Waals surface area contributed by atoms with Crippen LogP contribution in [0.5, 0.6) is 0 Å². The maximum Gasteiger partial charge on any atom is 1.00 e. The molecule has 0 spiro atoms. The van der Waals surface area contributed by atoms with Crippen LogP contribution in [0.4, 0.5) is 0 Å². The van der Waals surface area contributed by atoms with Crippen LogP contribution < -0.4 is 29.6 Å². The van der Waals surface area contributed by atoms with E-state index in [4.69, 9.17) is 4.55 Å². The van der Waals surface area contributed by atoms with E-state index in [1.165, 1.54) is 22.8 Å². The molecule has 3 aromatic rings. The van der Waals surface area contributed by atoms with E-state index < -0.39 is 10.1 Å². The van der Waals surface area contributed by atoms with Crippen LogP contribution in [0.2, 0.25) is 0 Å². The van der Waals surface area contributed by atoms with Crippen LogP contribution in [-0.2, 0) is 10.1 Å². The van der Waals surface area contributed by atoms with Crippen LogP contribution >= 0.6 is 0 Å². The van der Waals surface area contributed by atoms with Crippen molar-refractivity contribution in [2.45, 2.75) is 6.92 Å². The van der Waals surface area contributed by atoms with Gasteiger partial charge in [0.05, 0.1) is 5.41 Å². The van der Waals surface area contributed by atoms with E-state index in [9.17, 15) is 8.42 Å². The molecule has 0 saturated carbocycles. The molecule has 0 aliphatic rings. The van der Waals surface area contributed by atoms with Gasteiger partial charge in [0.25, 0.3) is 10.1 Å². The minimum absolute atomic E-state index is 0. The normalized spacial score (nSPS) is 11.3. The molecule has 3 rings (SSSR count). The second-order valence-corrected chi connectivity index (χ2v) is 7.57. The molecule has 3 aromatic carbocycles. The molecule has 5 heteroatoms. The van der Waals surface area contributed by atoms with Crippen molar-refractivity contribution in [1.82, 2.24) is 0 Å². The Kier molecular flexibility index (Phi) is 12.0. The Morgan fingerprint density at radius 3 is 1.67 bits per heavy atom. The molecule has 150 valence electrons. The molecule has 0 radical (unpaired) electrons. The zero-order chi connectivity index (χ0) is 21.0. The minimum Gasteiger partial charge on any atom is -1.00 e. The third-order valence-corrected chi connectivity index (χ3v) is 4.24. The number of rotatable bonds is 5. The predicted molar refractivity (Wildman–Crippen MR) is 124 cm³/mol. The van der Waals surface area contributed by atoms with Crippen molar-refractivity contribution in [2.24, 2.45) is 0 Å². The summed E-state index contributed by atoms with van der Waals surface area (Å²) in [7, 11) is -4.00. The van der Waals surface area contributed by atoms with Crippen LogP contribution in [0.1, 0.15) is 23.7 Å². The topological polar surface area (TPSA) is 54.4 Å². The van der Waals surface area contributed by atoms with Gasteiger partial charge in [0, 0.05) is 0 Å². The molecule has 0 amide bonds. The summed E-state index contributed by atoms with van der Waals surface area (Å²) in [6.45, 7) is 2.11. The Hall–Kier alpha value is -2.21. The van der Waals surface area contributed by atoms with Gasteiger partial charge in [0.2, 0.25) is 0 Å². The van der Waals surface area contributed by atoms with Crippen LogP contribution in [-0.4, -0.2) is 13.0 Å². The number of benzene rings is 3. The molecule has 0 atom stereocenters. The first-order valence-corrected chi connectivity index (χ1v) is 10.6. The average molecular weight is 429 g/mol. The molecule has 0 aliphatic heterocycles. The van der Waals surface area contributed by atoms with Gasteiger partial charge in [-0.25, -0.2) is 0 Å². The Labute approximate surface area is 203 Å². The molecule has 0 heterocycles. The summed E-state index contributed by atoms with van der Waals surface area (Å²) >= 11 is 0. The monoisotopic (exact) mass is 428 g/mol. The number of hydrogen-bond donors (Lipinski definition) is 1. The van der Waals surface area contributed by atoms with Crippen LogP contribution in [0.25, 0.3) is 18.2 Å². The summed E-state index contributed by atoms with van der Waals surface area (Å²) in [5.41, 5.74) is 4.48. The first-order valence-electron chi connectivity index (χ1n) is 9.09. The predicted octanol–water partition coefficient (Wildman–Crippen LogP) is 3.38. The van der Waals surface area contributed by atoms with Crippen LogP contribution in [0, 0.1) is 6.92 Å². The fraction of sp³-hybridized carbons (Fsp3) is 0.0400. The standard InChI is InChI=1S/C17H16.C8H8O3S.Na.H/c1-15-8-7-13-17(14-15)12-6-5-11-16-9-3-2-4-10-16;9-12(10,11)7-6-8-4-2-1-3-5-8;;/h2-14H,1H3;1-7H,(H,9,10,11);;/q;;+1;-1. The van der Waals surface area contributed by atoms with Crippen molar-refractivity contribution in [2.75, 3.05) is 0 Å². The molecule has 0 aliphatic carbocycles. The van der Waals surface area contributed by atoms with Gasteiger partial charge in [-0.1, -0.05) is 115 Å². The van der Waals surface area contributed by atoms with Gasteiger partial charge in [0.1, 0.15) is 0 Å². The fourth-order valence-electron chi connectivity index (χ4n) is 2.40. The van der Waals surface area contributed by atoms with Crippen molar-refractivity contribution in [1.29, 1.82) is 0 Å². The molecule has 3 nitrogen and oxygen atoms in total. The molecule has 1 N–H and O–H groups in total. The van der Waals surface area contributed by atoms with Crippen molar-refractivity contribution < 1.29 is 44.0 Å². The first kappa shape index (κ1) is 25.8. The fourth-order valence-corrected chi connectivity index (χ4v) is 2.73. The van der Waals surface area contributed by atoms with Crippen molar-refractivity contribution in [3.63, 3.8) is 0 Å². The molecule has 30 heavy (non-hydrogen) atoms. The second-order valence-electron chi connectivity index (χ2n) is 6.27. The molecule has 0 fully saturated rings. The molecule has 0 unspecified atom stereocenters. The number of hydrogen-bond acceptors (Lipinski definition) is 2. The van der Waals surface area contributed by atoms with Gasteiger partial charge in [-0.3, -0.25) is 4.55 Å². The van der Waals surface area contributed by atoms with E-state index in [0.717, 1.165) is 11.0 Å². The van der Waals surface area contributed by atoms with Gasteiger partial charge >= 0.3 is 29.6 Å². The van der Waals surface area contributed by atoms with Gasteiger partial charge in [-0.15, -0.1) is 0 Å². The Bertz CT molecular complexity index is 1080. The smallest absolute Gasteiger partial charge is 1.00 e. The van der Waals surface area contributed by atoms with E-state index in [-0.39, 0.29) is 31.0 Å². The molecular formula is C25H25NaO3S. The molecule has 0 aromatic heterocycles. The second kappa shape index (κ2) is 13.9. The van der Waals surface area contributed by atoms with Crippen LogP contribution in [0.3, 0.4) is 0 Å².